The number of ether oxygens (including phenoxy) is 1. The van der Waals surface area contributed by atoms with Crippen molar-refractivity contribution in [3.05, 3.63) is 0 Å². The second-order valence-corrected chi connectivity index (χ2v) is 4.69. The SMILES string of the molecule is CCCCC(N)CC(=O)OC(C)(C)C. The van der Waals surface area contributed by atoms with Crippen molar-refractivity contribution in [1.82, 2.24) is 0 Å². The highest BCUT2D eigenvalue weighted by atomic mass is 16.6. The molecule has 0 rings (SSSR count). The van der Waals surface area contributed by atoms with Crippen LogP contribution in [0, 0.1) is 0 Å². The Morgan fingerprint density at radius 1 is 1.43 bits per heavy atom. The quantitative estimate of drug-likeness (QED) is 0.694. The summed E-state index contributed by atoms with van der Waals surface area (Å²) in [5, 5.41) is 0. The molecule has 2 N–H and O–H groups in total. The molecule has 0 bridgehead atoms. The lowest BCUT2D eigenvalue weighted by Gasteiger charge is -2.20. The van der Waals surface area contributed by atoms with E-state index in [9.17, 15) is 4.79 Å². The highest BCUT2D eigenvalue weighted by Crippen LogP contribution is 2.10. The smallest absolute Gasteiger partial charge is 0.307 e. The first-order chi connectivity index (χ1) is 6.35. The van der Waals surface area contributed by atoms with E-state index in [-0.39, 0.29) is 12.0 Å². The van der Waals surface area contributed by atoms with E-state index >= 15 is 0 Å². The summed E-state index contributed by atoms with van der Waals surface area (Å²) in [6.45, 7) is 7.70. The normalized spacial score (nSPS) is 13.8. The standard InChI is InChI=1S/C11H23NO2/c1-5-6-7-9(12)8-10(13)14-11(2,3)4/h9H,5-8,12H2,1-4H3. The van der Waals surface area contributed by atoms with Crippen LogP contribution in [-0.2, 0) is 9.53 Å². The molecule has 14 heavy (non-hydrogen) atoms. The molecule has 0 aliphatic rings. The van der Waals surface area contributed by atoms with Gasteiger partial charge in [-0.15, -0.1) is 0 Å². The minimum absolute atomic E-state index is 0.0511. The zero-order valence-electron chi connectivity index (χ0n) is 9.80. The molecule has 0 amide bonds. The van der Waals surface area contributed by atoms with E-state index < -0.39 is 5.60 Å². The van der Waals surface area contributed by atoms with Crippen molar-refractivity contribution in [3.63, 3.8) is 0 Å². The summed E-state index contributed by atoms with van der Waals surface area (Å²) >= 11 is 0. The van der Waals surface area contributed by atoms with E-state index in [2.05, 4.69) is 6.92 Å². The first kappa shape index (κ1) is 13.4. The molecule has 0 radical (unpaired) electrons. The highest BCUT2D eigenvalue weighted by molar-refractivity contribution is 5.70. The fourth-order valence-corrected chi connectivity index (χ4v) is 1.17. The maximum Gasteiger partial charge on any atom is 0.307 e. The van der Waals surface area contributed by atoms with Gasteiger partial charge in [0.05, 0.1) is 6.42 Å². The summed E-state index contributed by atoms with van der Waals surface area (Å²) in [6.07, 6.45) is 3.42. The molecule has 1 atom stereocenters. The zero-order chi connectivity index (χ0) is 11.2. The number of esters is 1. The van der Waals surface area contributed by atoms with Crippen molar-refractivity contribution < 1.29 is 9.53 Å². The van der Waals surface area contributed by atoms with E-state index in [1.54, 1.807) is 0 Å². The Balaban J connectivity index is 3.71. The van der Waals surface area contributed by atoms with E-state index in [1.807, 2.05) is 20.8 Å². The van der Waals surface area contributed by atoms with Gasteiger partial charge in [-0.1, -0.05) is 19.8 Å². The molecule has 0 aromatic rings. The maximum absolute atomic E-state index is 11.3. The summed E-state index contributed by atoms with van der Waals surface area (Å²) in [7, 11) is 0. The predicted octanol–water partition coefficient (Wildman–Crippen LogP) is 2.24. The summed E-state index contributed by atoms with van der Waals surface area (Å²) in [4.78, 5) is 11.3. The van der Waals surface area contributed by atoms with Crippen LogP contribution < -0.4 is 5.73 Å². The molecule has 3 nitrogen and oxygen atoms in total. The van der Waals surface area contributed by atoms with Crippen LogP contribution >= 0.6 is 0 Å². The Morgan fingerprint density at radius 2 is 2.00 bits per heavy atom. The first-order valence-electron chi connectivity index (χ1n) is 5.32. The van der Waals surface area contributed by atoms with Gasteiger partial charge >= 0.3 is 5.97 Å². The van der Waals surface area contributed by atoms with Crippen LogP contribution in [0.1, 0.15) is 53.4 Å². The molecule has 1 unspecified atom stereocenters. The number of hydrogen-bond donors (Lipinski definition) is 1. The van der Waals surface area contributed by atoms with Gasteiger partial charge in [0.1, 0.15) is 5.60 Å². The van der Waals surface area contributed by atoms with Crippen molar-refractivity contribution in [2.45, 2.75) is 65.0 Å². The van der Waals surface area contributed by atoms with Crippen molar-refractivity contribution >= 4 is 5.97 Å². The van der Waals surface area contributed by atoms with Gasteiger partial charge in [-0.05, 0) is 27.2 Å². The van der Waals surface area contributed by atoms with E-state index in [0.29, 0.717) is 6.42 Å². The third kappa shape index (κ3) is 8.05. The number of hydrogen-bond acceptors (Lipinski definition) is 3. The van der Waals surface area contributed by atoms with Crippen molar-refractivity contribution in [1.29, 1.82) is 0 Å². The zero-order valence-corrected chi connectivity index (χ0v) is 9.80. The predicted molar refractivity (Wildman–Crippen MR) is 58.0 cm³/mol. The molecule has 0 aromatic carbocycles. The molecule has 84 valence electrons. The monoisotopic (exact) mass is 201 g/mol. The van der Waals surface area contributed by atoms with E-state index in [4.69, 9.17) is 10.5 Å². The number of carbonyl (C=O) groups is 1. The second kappa shape index (κ2) is 6.02. The van der Waals surface area contributed by atoms with Gasteiger partial charge < -0.3 is 10.5 Å². The average molecular weight is 201 g/mol. The Morgan fingerprint density at radius 3 is 2.43 bits per heavy atom. The van der Waals surface area contributed by atoms with Crippen molar-refractivity contribution in [2.24, 2.45) is 5.73 Å². The molecule has 0 heterocycles. The maximum atomic E-state index is 11.3. The summed E-state index contributed by atoms with van der Waals surface area (Å²) < 4.78 is 5.17. The van der Waals surface area contributed by atoms with Gasteiger partial charge in [-0.2, -0.15) is 0 Å². The number of carbonyl (C=O) groups excluding carboxylic acids is 1. The van der Waals surface area contributed by atoms with E-state index in [1.165, 1.54) is 0 Å². The van der Waals surface area contributed by atoms with Gasteiger partial charge in [-0.25, -0.2) is 0 Å². The fraction of sp³-hybridized carbons (Fsp3) is 0.909. The third-order valence-corrected chi connectivity index (χ3v) is 1.78. The van der Waals surface area contributed by atoms with Gasteiger partial charge in [0.2, 0.25) is 0 Å². The summed E-state index contributed by atoms with van der Waals surface area (Å²) in [5.41, 5.74) is 5.38. The third-order valence-electron chi connectivity index (χ3n) is 1.78. The molecule has 0 aliphatic carbocycles. The average Bonchev–Trinajstić information content (AvgIpc) is 1.96. The van der Waals surface area contributed by atoms with Crippen molar-refractivity contribution in [3.8, 4) is 0 Å². The van der Waals surface area contributed by atoms with Crippen LogP contribution in [0.25, 0.3) is 0 Å². The van der Waals surface area contributed by atoms with Crippen LogP contribution in [-0.4, -0.2) is 17.6 Å². The fourth-order valence-electron chi connectivity index (χ4n) is 1.17. The van der Waals surface area contributed by atoms with E-state index in [0.717, 1.165) is 19.3 Å². The summed E-state index contributed by atoms with van der Waals surface area (Å²) in [6, 6.07) is -0.0511. The number of nitrogens with two attached hydrogens (primary N) is 1. The molecule has 3 heteroatoms. The van der Waals surface area contributed by atoms with Crippen LogP contribution in [0.3, 0.4) is 0 Å². The molecule has 0 aromatic heterocycles. The molecule has 0 aliphatic heterocycles. The van der Waals surface area contributed by atoms with Crippen LogP contribution in [0.15, 0.2) is 0 Å². The number of rotatable bonds is 5. The lowest BCUT2D eigenvalue weighted by molar-refractivity contribution is -0.155. The first-order valence-corrected chi connectivity index (χ1v) is 5.32. The van der Waals surface area contributed by atoms with Gasteiger partial charge in [-0.3, -0.25) is 4.79 Å². The number of unbranched alkanes of at least 4 members (excludes halogenated alkanes) is 1. The van der Waals surface area contributed by atoms with Crippen LogP contribution in [0.5, 0.6) is 0 Å². The largest absolute Gasteiger partial charge is 0.460 e. The lowest BCUT2D eigenvalue weighted by Crippen LogP contribution is -2.30. The van der Waals surface area contributed by atoms with Crippen LogP contribution in [0.4, 0.5) is 0 Å². The van der Waals surface area contributed by atoms with Gasteiger partial charge in [0.25, 0.3) is 0 Å². The molecular weight excluding hydrogens is 178 g/mol. The Labute approximate surface area is 87.0 Å². The van der Waals surface area contributed by atoms with Gasteiger partial charge in [0.15, 0.2) is 0 Å². The Kier molecular flexibility index (Phi) is 5.77. The molecule has 0 saturated heterocycles. The van der Waals surface area contributed by atoms with Crippen molar-refractivity contribution in [2.75, 3.05) is 0 Å². The van der Waals surface area contributed by atoms with Gasteiger partial charge in [0, 0.05) is 6.04 Å². The Hall–Kier alpha value is -0.570. The molecular formula is C11H23NO2. The minimum Gasteiger partial charge on any atom is -0.460 e. The Bertz CT molecular complexity index is 173. The summed E-state index contributed by atoms with van der Waals surface area (Å²) in [5.74, 6) is -0.193. The lowest BCUT2D eigenvalue weighted by atomic mass is 10.1. The molecule has 0 spiro atoms. The topological polar surface area (TPSA) is 52.3 Å². The van der Waals surface area contributed by atoms with Crippen LogP contribution in [0.2, 0.25) is 0 Å². The second-order valence-electron chi connectivity index (χ2n) is 4.69. The molecule has 0 saturated carbocycles. The highest BCUT2D eigenvalue weighted by Gasteiger charge is 2.18. The minimum atomic E-state index is -0.401. The molecule has 0 fully saturated rings.